The molecule has 1 aromatic carbocycles. The van der Waals surface area contributed by atoms with E-state index in [1.165, 1.54) is 20.5 Å². The summed E-state index contributed by atoms with van der Waals surface area (Å²) in [4.78, 5) is 27.3. The average molecular weight is 397 g/mol. The van der Waals surface area contributed by atoms with Crippen molar-refractivity contribution < 1.29 is 19.1 Å². The molecule has 0 bridgehead atoms. The van der Waals surface area contributed by atoms with E-state index in [-0.39, 0.29) is 5.91 Å². The van der Waals surface area contributed by atoms with E-state index < -0.39 is 5.91 Å². The Kier molecular flexibility index (Phi) is 5.96. The molecule has 0 saturated heterocycles. The lowest BCUT2D eigenvalue weighted by Gasteiger charge is -2.19. The summed E-state index contributed by atoms with van der Waals surface area (Å²) in [5.41, 5.74) is 1.47. The number of carbonyl (C=O) groups is 2. The van der Waals surface area contributed by atoms with Crippen molar-refractivity contribution in [3.63, 3.8) is 0 Å². The molecule has 3 rings (SSSR count). The van der Waals surface area contributed by atoms with E-state index in [9.17, 15) is 9.59 Å². The highest BCUT2D eigenvalue weighted by Gasteiger charge is 2.21. The first-order valence-electron chi connectivity index (χ1n) is 9.11. The first-order valence-corrected chi connectivity index (χ1v) is 9.11. The average Bonchev–Trinajstić information content (AvgIpc) is 3.21. The molecule has 9 nitrogen and oxygen atoms in total. The number of pyridine rings is 1. The monoisotopic (exact) mass is 397 g/mol. The second-order valence-corrected chi connectivity index (χ2v) is 6.42. The predicted molar refractivity (Wildman–Crippen MR) is 108 cm³/mol. The van der Waals surface area contributed by atoms with Crippen molar-refractivity contribution >= 4 is 23.1 Å². The van der Waals surface area contributed by atoms with Crippen LogP contribution in [0.2, 0.25) is 0 Å². The third-order valence-corrected chi connectivity index (χ3v) is 4.45. The predicted octanol–water partition coefficient (Wildman–Crippen LogP) is 2.48. The first kappa shape index (κ1) is 20.1. The van der Waals surface area contributed by atoms with Gasteiger partial charge in [0.15, 0.2) is 17.1 Å². The summed E-state index contributed by atoms with van der Waals surface area (Å²) in [5.74, 6) is 0.0847. The van der Waals surface area contributed by atoms with Crippen LogP contribution in [0.25, 0.3) is 5.65 Å². The normalized spacial score (nSPS) is 10.6. The topological polar surface area (TPSA) is 98.1 Å². The van der Waals surface area contributed by atoms with Gasteiger partial charge in [-0.2, -0.15) is 0 Å². The number of fused-ring (bicyclic) bond motifs is 1. The second kappa shape index (κ2) is 8.59. The lowest BCUT2D eigenvalue weighted by atomic mass is 10.1. The van der Waals surface area contributed by atoms with Gasteiger partial charge >= 0.3 is 0 Å². The molecule has 3 aromatic rings. The van der Waals surface area contributed by atoms with Gasteiger partial charge in [-0.15, -0.1) is 10.2 Å². The molecule has 9 heteroatoms. The largest absolute Gasteiger partial charge is 0.493 e. The number of nitrogens with zero attached hydrogens (tertiary/aromatic N) is 4. The van der Waals surface area contributed by atoms with Crippen LogP contribution >= 0.6 is 0 Å². The van der Waals surface area contributed by atoms with Crippen LogP contribution in [0.1, 0.15) is 34.1 Å². The van der Waals surface area contributed by atoms with E-state index in [0.717, 1.165) is 6.42 Å². The van der Waals surface area contributed by atoms with Crippen molar-refractivity contribution in [2.45, 2.75) is 13.3 Å². The molecule has 152 valence electrons. The number of methoxy groups -OCH3 is 2. The second-order valence-electron chi connectivity index (χ2n) is 6.42. The zero-order valence-corrected chi connectivity index (χ0v) is 16.8. The number of ether oxygens (including phenoxy) is 2. The summed E-state index contributed by atoms with van der Waals surface area (Å²) < 4.78 is 12.4. The number of amides is 2. The van der Waals surface area contributed by atoms with Gasteiger partial charge in [0, 0.05) is 25.4 Å². The van der Waals surface area contributed by atoms with Gasteiger partial charge in [-0.1, -0.05) is 6.92 Å². The molecule has 0 aliphatic rings. The van der Waals surface area contributed by atoms with Gasteiger partial charge in [-0.3, -0.25) is 14.0 Å². The molecule has 2 amide bonds. The SMILES string of the molecule is CCCN(C)C(=O)c1cc(NC(=O)c2cccn3cnnc23)c(OC)c(OC)c1. The quantitative estimate of drug-likeness (QED) is 0.658. The minimum atomic E-state index is -0.407. The molecule has 0 spiro atoms. The standard InChI is InChI=1S/C20H23N5O4/c1-5-8-24(2)20(27)13-10-15(17(29-4)16(11-13)28-3)22-19(26)14-7-6-9-25-12-21-23-18(14)25/h6-7,9-12H,5,8H2,1-4H3,(H,22,26). The van der Waals surface area contributed by atoms with Crippen LogP contribution < -0.4 is 14.8 Å². The summed E-state index contributed by atoms with van der Waals surface area (Å²) in [5, 5.41) is 10.6. The number of anilines is 1. The smallest absolute Gasteiger partial charge is 0.259 e. The number of rotatable bonds is 7. The highest BCUT2D eigenvalue weighted by molar-refractivity contribution is 6.09. The number of nitrogens with one attached hydrogen (secondary N) is 1. The molecule has 1 N–H and O–H groups in total. The molecule has 0 unspecified atom stereocenters. The molecular weight excluding hydrogens is 374 g/mol. The Morgan fingerprint density at radius 3 is 2.72 bits per heavy atom. The van der Waals surface area contributed by atoms with Crippen LogP contribution in [0, 0.1) is 0 Å². The van der Waals surface area contributed by atoms with Gasteiger partial charge in [0.2, 0.25) is 0 Å². The Bertz CT molecular complexity index is 1050. The fourth-order valence-corrected chi connectivity index (χ4v) is 3.06. The Labute approximate surface area is 168 Å². The highest BCUT2D eigenvalue weighted by atomic mass is 16.5. The lowest BCUT2D eigenvalue weighted by Crippen LogP contribution is -2.27. The third kappa shape index (κ3) is 3.98. The maximum Gasteiger partial charge on any atom is 0.259 e. The van der Waals surface area contributed by atoms with Gasteiger partial charge < -0.3 is 19.7 Å². The summed E-state index contributed by atoms with van der Waals surface area (Å²) in [6, 6.07) is 6.55. The summed E-state index contributed by atoms with van der Waals surface area (Å²) in [7, 11) is 4.68. The van der Waals surface area contributed by atoms with Crippen molar-refractivity contribution in [1.82, 2.24) is 19.5 Å². The van der Waals surface area contributed by atoms with Crippen molar-refractivity contribution in [2.24, 2.45) is 0 Å². The zero-order chi connectivity index (χ0) is 21.0. The van der Waals surface area contributed by atoms with Crippen molar-refractivity contribution in [3.8, 4) is 11.5 Å². The number of aromatic nitrogens is 3. The molecule has 0 aliphatic carbocycles. The minimum absolute atomic E-state index is 0.178. The van der Waals surface area contributed by atoms with Crippen LogP contribution in [-0.2, 0) is 0 Å². The van der Waals surface area contributed by atoms with Crippen LogP contribution in [-0.4, -0.2) is 59.1 Å². The Morgan fingerprint density at radius 2 is 2.03 bits per heavy atom. The number of hydrogen-bond acceptors (Lipinski definition) is 6. The summed E-state index contributed by atoms with van der Waals surface area (Å²) in [6.45, 7) is 2.61. The van der Waals surface area contributed by atoms with Crippen molar-refractivity contribution in [3.05, 3.63) is 47.9 Å². The van der Waals surface area contributed by atoms with E-state index in [0.29, 0.717) is 40.5 Å². The summed E-state index contributed by atoms with van der Waals surface area (Å²) in [6.07, 6.45) is 4.10. The maximum atomic E-state index is 12.9. The van der Waals surface area contributed by atoms with Gasteiger partial charge in [0.25, 0.3) is 11.8 Å². The molecule has 2 heterocycles. The van der Waals surface area contributed by atoms with Crippen LogP contribution in [0.4, 0.5) is 5.69 Å². The molecule has 0 fully saturated rings. The van der Waals surface area contributed by atoms with Gasteiger partial charge in [-0.25, -0.2) is 0 Å². The molecule has 29 heavy (non-hydrogen) atoms. The zero-order valence-electron chi connectivity index (χ0n) is 16.8. The maximum absolute atomic E-state index is 12.9. The van der Waals surface area contributed by atoms with Crippen molar-refractivity contribution in [1.29, 1.82) is 0 Å². The number of hydrogen-bond donors (Lipinski definition) is 1. The molecule has 0 radical (unpaired) electrons. The van der Waals surface area contributed by atoms with E-state index >= 15 is 0 Å². The molecule has 0 aliphatic heterocycles. The van der Waals surface area contributed by atoms with E-state index in [1.54, 1.807) is 46.8 Å². The van der Waals surface area contributed by atoms with Crippen molar-refractivity contribution in [2.75, 3.05) is 33.1 Å². The molecule has 0 atom stereocenters. The fraction of sp³-hybridized carbons (Fsp3) is 0.300. The van der Waals surface area contributed by atoms with E-state index in [1.807, 2.05) is 6.92 Å². The Balaban J connectivity index is 2.00. The van der Waals surface area contributed by atoms with Gasteiger partial charge in [0.1, 0.15) is 6.33 Å². The Morgan fingerprint density at radius 1 is 1.24 bits per heavy atom. The van der Waals surface area contributed by atoms with Gasteiger partial charge in [-0.05, 0) is 30.7 Å². The first-order chi connectivity index (χ1) is 14.0. The minimum Gasteiger partial charge on any atom is -0.493 e. The van der Waals surface area contributed by atoms with E-state index in [4.69, 9.17) is 9.47 Å². The van der Waals surface area contributed by atoms with Crippen LogP contribution in [0.3, 0.4) is 0 Å². The lowest BCUT2D eigenvalue weighted by molar-refractivity contribution is 0.0794. The van der Waals surface area contributed by atoms with Gasteiger partial charge in [0.05, 0.1) is 25.5 Å². The number of benzene rings is 1. The van der Waals surface area contributed by atoms with E-state index in [2.05, 4.69) is 15.5 Å². The number of carbonyl (C=O) groups excluding carboxylic acids is 2. The fourth-order valence-electron chi connectivity index (χ4n) is 3.06. The van der Waals surface area contributed by atoms with Crippen LogP contribution in [0.15, 0.2) is 36.8 Å². The molecule has 2 aromatic heterocycles. The summed E-state index contributed by atoms with van der Waals surface area (Å²) >= 11 is 0. The van der Waals surface area contributed by atoms with Crippen LogP contribution in [0.5, 0.6) is 11.5 Å². The highest BCUT2D eigenvalue weighted by Crippen LogP contribution is 2.37. The Hall–Kier alpha value is -3.62. The third-order valence-electron chi connectivity index (χ3n) is 4.45. The molecular formula is C20H23N5O4. The molecule has 0 saturated carbocycles.